The van der Waals surface area contributed by atoms with Gasteiger partial charge in [-0.25, -0.2) is 0 Å². The van der Waals surface area contributed by atoms with Crippen LogP contribution in [-0.2, 0) is 16.1 Å². The fourth-order valence-corrected chi connectivity index (χ4v) is 3.84. The van der Waals surface area contributed by atoms with Crippen molar-refractivity contribution in [2.45, 2.75) is 33.7 Å². The minimum absolute atomic E-state index is 0.236. The van der Waals surface area contributed by atoms with Gasteiger partial charge in [0.05, 0.1) is 23.2 Å². The molecule has 27 heavy (non-hydrogen) atoms. The number of ether oxygens (including phenoxy) is 1. The van der Waals surface area contributed by atoms with Gasteiger partial charge in [0, 0.05) is 12.1 Å². The van der Waals surface area contributed by atoms with Crippen molar-refractivity contribution in [1.29, 1.82) is 0 Å². The number of para-hydroxylation sites is 1. The van der Waals surface area contributed by atoms with Gasteiger partial charge in [0.2, 0.25) is 0 Å². The SMILES string of the molecule is CCOC(=O)CCn1c(=NC(=O)c2ccc(C)c(C)c2)sc2ccccc21. The molecular formula is C21H22N2O3S. The molecule has 6 heteroatoms. The Kier molecular flexibility index (Phi) is 5.86. The highest BCUT2D eigenvalue weighted by Crippen LogP contribution is 2.18. The molecule has 5 nitrogen and oxygen atoms in total. The van der Waals surface area contributed by atoms with Crippen LogP contribution in [0.4, 0.5) is 0 Å². The van der Waals surface area contributed by atoms with Crippen LogP contribution < -0.4 is 4.80 Å². The molecule has 0 radical (unpaired) electrons. The number of hydrogen-bond donors (Lipinski definition) is 0. The van der Waals surface area contributed by atoms with Crippen molar-refractivity contribution < 1.29 is 14.3 Å². The molecule has 3 rings (SSSR count). The fourth-order valence-electron chi connectivity index (χ4n) is 2.78. The first-order chi connectivity index (χ1) is 13.0. The van der Waals surface area contributed by atoms with Gasteiger partial charge in [0.1, 0.15) is 0 Å². The Bertz CT molecular complexity index is 1060. The summed E-state index contributed by atoms with van der Waals surface area (Å²) in [6.07, 6.45) is 0.236. The molecule has 2 aromatic carbocycles. The Hall–Kier alpha value is -2.73. The molecule has 0 unspecified atom stereocenters. The molecule has 0 spiro atoms. The smallest absolute Gasteiger partial charge is 0.307 e. The first kappa shape index (κ1) is 19.0. The number of carbonyl (C=O) groups excluding carboxylic acids is 2. The van der Waals surface area contributed by atoms with Crippen molar-refractivity contribution in [1.82, 2.24) is 4.57 Å². The molecule has 1 heterocycles. The molecule has 0 aliphatic heterocycles. The minimum atomic E-state index is -0.283. The van der Waals surface area contributed by atoms with E-state index in [2.05, 4.69) is 4.99 Å². The number of esters is 1. The summed E-state index contributed by atoms with van der Waals surface area (Å²) in [5, 5.41) is 0. The Labute approximate surface area is 161 Å². The van der Waals surface area contributed by atoms with Crippen molar-refractivity contribution in [3.8, 4) is 0 Å². The summed E-state index contributed by atoms with van der Waals surface area (Å²) in [7, 11) is 0. The maximum Gasteiger partial charge on any atom is 0.307 e. The van der Waals surface area contributed by atoms with Crippen LogP contribution in [0, 0.1) is 13.8 Å². The fraction of sp³-hybridized carbons (Fsp3) is 0.286. The van der Waals surface area contributed by atoms with E-state index in [1.54, 1.807) is 13.0 Å². The monoisotopic (exact) mass is 382 g/mol. The van der Waals surface area contributed by atoms with Gasteiger partial charge in [-0.15, -0.1) is 0 Å². The highest BCUT2D eigenvalue weighted by Gasteiger charge is 2.11. The maximum atomic E-state index is 12.7. The van der Waals surface area contributed by atoms with Crippen LogP contribution in [0.25, 0.3) is 10.2 Å². The number of hydrogen-bond acceptors (Lipinski definition) is 4. The molecule has 0 aliphatic rings. The van der Waals surface area contributed by atoms with Crippen molar-refractivity contribution in [3.63, 3.8) is 0 Å². The molecule has 0 saturated carbocycles. The highest BCUT2D eigenvalue weighted by molar-refractivity contribution is 7.16. The zero-order chi connectivity index (χ0) is 19.4. The summed E-state index contributed by atoms with van der Waals surface area (Å²) in [4.78, 5) is 29.4. The molecule has 0 atom stereocenters. The van der Waals surface area contributed by atoms with Gasteiger partial charge in [-0.3, -0.25) is 9.59 Å². The van der Waals surface area contributed by atoms with Crippen LogP contribution in [0.1, 0.15) is 34.8 Å². The number of amides is 1. The van der Waals surface area contributed by atoms with Crippen molar-refractivity contribution in [2.75, 3.05) is 6.61 Å². The van der Waals surface area contributed by atoms with Crippen LogP contribution in [0.2, 0.25) is 0 Å². The van der Waals surface area contributed by atoms with E-state index in [0.29, 0.717) is 23.5 Å². The van der Waals surface area contributed by atoms with E-state index >= 15 is 0 Å². The second-order valence-corrected chi connectivity index (χ2v) is 7.28. The van der Waals surface area contributed by atoms with Gasteiger partial charge >= 0.3 is 5.97 Å². The largest absolute Gasteiger partial charge is 0.466 e. The molecule has 0 aliphatic carbocycles. The van der Waals surface area contributed by atoms with Crippen LogP contribution >= 0.6 is 11.3 Å². The number of nitrogens with zero attached hydrogens (tertiary/aromatic N) is 2. The van der Waals surface area contributed by atoms with Crippen molar-refractivity contribution in [3.05, 3.63) is 64.0 Å². The molecule has 140 valence electrons. The predicted molar refractivity (Wildman–Crippen MR) is 107 cm³/mol. The number of aromatic nitrogens is 1. The van der Waals surface area contributed by atoms with Gasteiger partial charge in [0.15, 0.2) is 4.80 Å². The van der Waals surface area contributed by atoms with Crippen molar-refractivity contribution >= 4 is 33.4 Å². The maximum absolute atomic E-state index is 12.7. The first-order valence-electron chi connectivity index (χ1n) is 8.90. The first-order valence-corrected chi connectivity index (χ1v) is 9.71. The summed E-state index contributed by atoms with van der Waals surface area (Å²) in [5.41, 5.74) is 3.71. The minimum Gasteiger partial charge on any atom is -0.466 e. The third kappa shape index (κ3) is 4.34. The average Bonchev–Trinajstić information content (AvgIpc) is 2.99. The van der Waals surface area contributed by atoms with E-state index in [4.69, 9.17) is 4.74 Å². The lowest BCUT2D eigenvalue weighted by Gasteiger charge is -2.05. The molecule has 3 aromatic rings. The summed E-state index contributed by atoms with van der Waals surface area (Å²) in [6, 6.07) is 13.4. The van der Waals surface area contributed by atoms with E-state index in [9.17, 15) is 9.59 Å². The van der Waals surface area contributed by atoms with Crippen LogP contribution in [-0.4, -0.2) is 23.1 Å². The number of thiazole rings is 1. The molecule has 0 saturated heterocycles. The summed E-state index contributed by atoms with van der Waals surface area (Å²) >= 11 is 1.44. The van der Waals surface area contributed by atoms with Gasteiger partial charge in [-0.2, -0.15) is 4.99 Å². The zero-order valence-corrected chi connectivity index (χ0v) is 16.5. The average molecular weight is 382 g/mol. The third-order valence-corrected chi connectivity index (χ3v) is 5.44. The molecule has 1 amide bonds. The lowest BCUT2D eigenvalue weighted by molar-refractivity contribution is -0.143. The Morgan fingerprint density at radius 2 is 1.89 bits per heavy atom. The lowest BCUT2D eigenvalue weighted by Crippen LogP contribution is -2.19. The zero-order valence-electron chi connectivity index (χ0n) is 15.7. The lowest BCUT2D eigenvalue weighted by atomic mass is 10.1. The van der Waals surface area contributed by atoms with E-state index < -0.39 is 0 Å². The number of carbonyl (C=O) groups is 2. The van der Waals surface area contributed by atoms with Crippen molar-refractivity contribution in [2.24, 2.45) is 4.99 Å². The molecule has 0 fully saturated rings. The summed E-state index contributed by atoms with van der Waals surface area (Å²) in [6.45, 7) is 6.55. The quantitative estimate of drug-likeness (QED) is 0.626. The van der Waals surface area contributed by atoms with E-state index in [1.165, 1.54) is 11.3 Å². The van der Waals surface area contributed by atoms with Crippen LogP contribution in [0.3, 0.4) is 0 Å². The number of rotatable bonds is 5. The number of benzene rings is 2. The normalized spacial score (nSPS) is 11.7. The molecular weight excluding hydrogens is 360 g/mol. The Morgan fingerprint density at radius 3 is 2.63 bits per heavy atom. The van der Waals surface area contributed by atoms with Gasteiger partial charge in [-0.05, 0) is 56.2 Å². The number of fused-ring (bicyclic) bond motifs is 1. The van der Waals surface area contributed by atoms with Crippen LogP contribution in [0.15, 0.2) is 47.5 Å². The molecule has 1 aromatic heterocycles. The van der Waals surface area contributed by atoms with E-state index in [1.807, 2.05) is 54.8 Å². The summed E-state index contributed by atoms with van der Waals surface area (Å²) < 4.78 is 7.95. The second-order valence-electron chi connectivity index (χ2n) is 6.28. The topological polar surface area (TPSA) is 60.7 Å². The Morgan fingerprint density at radius 1 is 1.11 bits per heavy atom. The van der Waals surface area contributed by atoms with Gasteiger partial charge < -0.3 is 9.30 Å². The van der Waals surface area contributed by atoms with Crippen LogP contribution in [0.5, 0.6) is 0 Å². The van der Waals surface area contributed by atoms with E-state index in [0.717, 1.165) is 21.3 Å². The number of aryl methyl sites for hydroxylation is 3. The third-order valence-electron chi connectivity index (χ3n) is 4.38. The summed E-state index contributed by atoms with van der Waals surface area (Å²) in [5.74, 6) is -0.541. The van der Waals surface area contributed by atoms with Gasteiger partial charge in [0.25, 0.3) is 5.91 Å². The van der Waals surface area contributed by atoms with Gasteiger partial charge in [-0.1, -0.05) is 29.5 Å². The predicted octanol–water partition coefficient (Wildman–Crippen LogP) is 4.01. The Balaban J connectivity index is 2.00. The molecule has 0 bridgehead atoms. The molecule has 0 N–H and O–H groups in total. The van der Waals surface area contributed by atoms with E-state index in [-0.39, 0.29) is 18.3 Å². The highest BCUT2D eigenvalue weighted by atomic mass is 32.1. The second kappa shape index (κ2) is 8.31. The standard InChI is InChI=1S/C21H22N2O3S/c1-4-26-19(24)11-12-23-17-7-5-6-8-18(17)27-21(23)22-20(25)16-10-9-14(2)15(3)13-16/h5-10,13H,4,11-12H2,1-3H3.